The van der Waals surface area contributed by atoms with E-state index in [0.29, 0.717) is 0 Å². The smallest absolute Gasteiger partial charge is 0.0679 e. The molecule has 0 spiro atoms. The summed E-state index contributed by atoms with van der Waals surface area (Å²) in [6, 6.07) is 6.54. The van der Waals surface area contributed by atoms with Crippen LogP contribution in [0.15, 0.2) is 24.4 Å². The largest absolute Gasteiger partial charge is 0.368 e. The zero-order valence-corrected chi connectivity index (χ0v) is 9.93. The van der Waals surface area contributed by atoms with Crippen LogP contribution in [0.3, 0.4) is 0 Å². The minimum absolute atomic E-state index is 0.155. The number of aromatic nitrogens is 2. The van der Waals surface area contributed by atoms with Gasteiger partial charge in [-0.15, -0.1) is 0 Å². The van der Waals surface area contributed by atoms with Crippen LogP contribution in [0.4, 0.5) is 5.69 Å². The van der Waals surface area contributed by atoms with Crippen LogP contribution in [0.1, 0.15) is 18.5 Å². The van der Waals surface area contributed by atoms with Crippen molar-refractivity contribution in [2.75, 3.05) is 11.4 Å². The lowest BCUT2D eigenvalue weighted by atomic mass is 10.1. The Morgan fingerprint density at radius 1 is 1.41 bits per heavy atom. The molecule has 1 atom stereocenters. The number of aryl methyl sites for hydroxylation is 1. The highest BCUT2D eigenvalue weighted by Crippen LogP contribution is 2.28. The summed E-state index contributed by atoms with van der Waals surface area (Å²) in [4.78, 5) is 2.26. The lowest BCUT2D eigenvalue weighted by Gasteiger charge is -2.23. The molecular weight excluding hydrogens is 210 g/mol. The first-order chi connectivity index (χ1) is 8.25. The Bertz CT molecular complexity index is 550. The zero-order valence-electron chi connectivity index (χ0n) is 9.93. The Hall–Kier alpha value is -1.64. The highest BCUT2D eigenvalue weighted by atomic mass is 15.2. The molecule has 0 bridgehead atoms. The summed E-state index contributed by atoms with van der Waals surface area (Å²) in [5.41, 5.74) is 2.16. The number of hydrogen-bond donors (Lipinski definition) is 0. The molecular formula is C14H15N3. The third-order valence-electron chi connectivity index (χ3n) is 3.46. The fourth-order valence-electron chi connectivity index (χ4n) is 2.49. The fraction of sp³-hybridized carbons (Fsp3) is 0.357. The summed E-state index contributed by atoms with van der Waals surface area (Å²) in [5.74, 6) is 0. The Morgan fingerprint density at radius 3 is 3.06 bits per heavy atom. The molecule has 1 aliphatic heterocycles. The highest BCUT2D eigenvalue weighted by Gasteiger charge is 2.20. The second kappa shape index (κ2) is 3.99. The summed E-state index contributed by atoms with van der Waals surface area (Å²) in [7, 11) is 0. The Labute approximate surface area is 101 Å². The molecule has 1 saturated heterocycles. The second-order valence-electron chi connectivity index (χ2n) is 4.60. The average Bonchev–Trinajstić information content (AvgIpc) is 2.76. The SMILES string of the molecule is [CH]C1CCCN1c1ccc2cnnc(C)c2c1. The molecule has 2 heterocycles. The molecule has 1 aliphatic rings. The second-order valence-corrected chi connectivity index (χ2v) is 4.60. The maximum Gasteiger partial charge on any atom is 0.0679 e. The van der Waals surface area contributed by atoms with Crippen molar-refractivity contribution in [3.05, 3.63) is 37.0 Å². The van der Waals surface area contributed by atoms with Gasteiger partial charge in [-0.2, -0.15) is 10.2 Å². The van der Waals surface area contributed by atoms with Gasteiger partial charge in [-0.3, -0.25) is 0 Å². The predicted octanol–water partition coefficient (Wildman–Crippen LogP) is 2.62. The topological polar surface area (TPSA) is 29.0 Å². The lowest BCUT2D eigenvalue weighted by Crippen LogP contribution is -2.26. The Balaban J connectivity index is 2.09. The number of benzene rings is 1. The van der Waals surface area contributed by atoms with Crippen molar-refractivity contribution in [1.29, 1.82) is 0 Å². The molecule has 1 unspecified atom stereocenters. The zero-order chi connectivity index (χ0) is 11.8. The van der Waals surface area contributed by atoms with E-state index in [2.05, 4.69) is 33.3 Å². The molecule has 3 heteroatoms. The van der Waals surface area contributed by atoms with Gasteiger partial charge >= 0.3 is 0 Å². The van der Waals surface area contributed by atoms with Crippen molar-refractivity contribution in [1.82, 2.24) is 10.2 Å². The number of hydrogen-bond acceptors (Lipinski definition) is 3. The lowest BCUT2D eigenvalue weighted by molar-refractivity contribution is 0.802. The van der Waals surface area contributed by atoms with Gasteiger partial charge in [0.1, 0.15) is 0 Å². The van der Waals surface area contributed by atoms with Crippen molar-refractivity contribution in [3.63, 3.8) is 0 Å². The molecule has 0 N–H and O–H groups in total. The molecule has 0 amide bonds. The number of fused-ring (bicyclic) bond motifs is 1. The van der Waals surface area contributed by atoms with E-state index in [9.17, 15) is 0 Å². The standard InChI is InChI=1S/C14H15N3/c1-10-4-3-7-17(10)13-6-5-12-9-15-16-11(2)14(12)8-13/h1,5-6,8-10H,3-4,7H2,2H3. The van der Waals surface area contributed by atoms with E-state index in [1.165, 1.54) is 12.1 Å². The van der Waals surface area contributed by atoms with Gasteiger partial charge in [-0.1, -0.05) is 6.07 Å². The van der Waals surface area contributed by atoms with Crippen LogP contribution in [-0.4, -0.2) is 22.8 Å². The maximum absolute atomic E-state index is 6.09. The van der Waals surface area contributed by atoms with E-state index in [4.69, 9.17) is 6.92 Å². The molecule has 3 nitrogen and oxygen atoms in total. The van der Waals surface area contributed by atoms with Gasteiger partial charge in [-0.25, -0.2) is 0 Å². The van der Waals surface area contributed by atoms with E-state index >= 15 is 0 Å². The predicted molar refractivity (Wildman–Crippen MR) is 68.9 cm³/mol. The normalized spacial score (nSPS) is 20.1. The number of rotatable bonds is 1. The molecule has 1 aromatic carbocycles. The van der Waals surface area contributed by atoms with Gasteiger partial charge in [0, 0.05) is 29.0 Å². The fourth-order valence-corrected chi connectivity index (χ4v) is 2.49. The third-order valence-corrected chi connectivity index (χ3v) is 3.46. The van der Waals surface area contributed by atoms with Crippen LogP contribution in [0.2, 0.25) is 0 Å². The van der Waals surface area contributed by atoms with Crippen LogP contribution < -0.4 is 4.90 Å². The third kappa shape index (κ3) is 1.75. The molecule has 0 saturated carbocycles. The van der Waals surface area contributed by atoms with Crippen molar-refractivity contribution in [2.45, 2.75) is 25.8 Å². The van der Waals surface area contributed by atoms with Crippen molar-refractivity contribution >= 4 is 16.5 Å². The molecule has 86 valence electrons. The number of anilines is 1. The van der Waals surface area contributed by atoms with Gasteiger partial charge in [-0.05, 0) is 38.8 Å². The first-order valence-corrected chi connectivity index (χ1v) is 6.00. The van der Waals surface area contributed by atoms with Gasteiger partial charge in [0.05, 0.1) is 11.9 Å². The summed E-state index contributed by atoms with van der Waals surface area (Å²) >= 11 is 0. The first-order valence-electron chi connectivity index (χ1n) is 6.00. The Morgan fingerprint density at radius 2 is 2.29 bits per heavy atom. The number of nitrogens with zero attached hydrogens (tertiary/aromatic N) is 3. The summed E-state index contributed by atoms with van der Waals surface area (Å²) in [6.45, 7) is 9.13. The van der Waals surface area contributed by atoms with Gasteiger partial charge in [0.2, 0.25) is 0 Å². The van der Waals surface area contributed by atoms with Gasteiger partial charge in [0.15, 0.2) is 0 Å². The maximum atomic E-state index is 6.09. The van der Waals surface area contributed by atoms with Crippen LogP contribution in [0.25, 0.3) is 10.8 Å². The van der Waals surface area contributed by atoms with Crippen molar-refractivity contribution in [2.24, 2.45) is 0 Å². The monoisotopic (exact) mass is 225 g/mol. The highest BCUT2D eigenvalue weighted by molar-refractivity contribution is 5.87. The average molecular weight is 225 g/mol. The summed E-state index contributed by atoms with van der Waals surface area (Å²) in [6.07, 6.45) is 4.05. The molecule has 3 rings (SSSR count). The molecule has 2 aromatic rings. The van der Waals surface area contributed by atoms with Crippen LogP contribution in [0.5, 0.6) is 0 Å². The summed E-state index contributed by atoms with van der Waals surface area (Å²) in [5, 5.41) is 10.4. The van der Waals surface area contributed by atoms with E-state index in [1.807, 2.05) is 6.92 Å². The molecule has 1 aromatic heterocycles. The molecule has 17 heavy (non-hydrogen) atoms. The van der Waals surface area contributed by atoms with Crippen LogP contribution >= 0.6 is 0 Å². The minimum Gasteiger partial charge on any atom is -0.368 e. The van der Waals surface area contributed by atoms with E-state index in [1.54, 1.807) is 6.20 Å². The Kier molecular flexibility index (Phi) is 2.46. The summed E-state index contributed by atoms with van der Waals surface area (Å²) < 4.78 is 0. The van der Waals surface area contributed by atoms with Crippen LogP contribution in [0, 0.1) is 13.8 Å². The molecule has 2 radical (unpaired) electrons. The van der Waals surface area contributed by atoms with Gasteiger partial charge < -0.3 is 4.90 Å². The van der Waals surface area contributed by atoms with E-state index in [0.717, 1.165) is 29.4 Å². The molecule has 0 aliphatic carbocycles. The van der Waals surface area contributed by atoms with Crippen molar-refractivity contribution < 1.29 is 0 Å². The minimum atomic E-state index is 0.155. The van der Waals surface area contributed by atoms with Gasteiger partial charge in [0.25, 0.3) is 0 Å². The molecule has 1 fully saturated rings. The van der Waals surface area contributed by atoms with Crippen molar-refractivity contribution in [3.8, 4) is 0 Å². The van der Waals surface area contributed by atoms with E-state index in [-0.39, 0.29) is 6.04 Å². The van der Waals surface area contributed by atoms with Crippen LogP contribution in [-0.2, 0) is 0 Å². The van der Waals surface area contributed by atoms with E-state index < -0.39 is 0 Å². The quantitative estimate of drug-likeness (QED) is 0.747. The first kappa shape index (κ1) is 10.5.